The maximum absolute atomic E-state index is 12.9. The minimum Gasteiger partial charge on any atom is -0.366 e. The number of nitro benzene ring substituents is 1. The van der Waals surface area contributed by atoms with Gasteiger partial charge >= 0.3 is 6.18 Å². The second-order valence-corrected chi connectivity index (χ2v) is 7.63. The molecule has 1 aliphatic rings. The van der Waals surface area contributed by atoms with Crippen molar-refractivity contribution < 1.29 is 27.7 Å². The summed E-state index contributed by atoms with van der Waals surface area (Å²) in [6.07, 6.45) is -3.87. The predicted molar refractivity (Wildman–Crippen MR) is 115 cm³/mol. The molecule has 8 nitrogen and oxygen atoms in total. The van der Waals surface area contributed by atoms with Crippen LogP contribution in [0, 0.1) is 16.0 Å². The lowest BCUT2D eigenvalue weighted by molar-refractivity contribution is -0.384. The lowest BCUT2D eigenvalue weighted by Gasteiger charge is -2.32. The van der Waals surface area contributed by atoms with Crippen molar-refractivity contribution in [3.63, 3.8) is 0 Å². The molecule has 2 amide bonds. The Morgan fingerprint density at radius 1 is 1.03 bits per heavy atom. The highest BCUT2D eigenvalue weighted by atomic mass is 19.4. The van der Waals surface area contributed by atoms with Crippen molar-refractivity contribution in [3.05, 3.63) is 69.8 Å². The molecule has 11 heteroatoms. The van der Waals surface area contributed by atoms with Gasteiger partial charge in [0.2, 0.25) is 5.91 Å². The number of nitrogens with one attached hydrogen (secondary N) is 2. The molecule has 1 heterocycles. The summed E-state index contributed by atoms with van der Waals surface area (Å²) in [6.45, 7) is 1.11. The van der Waals surface area contributed by atoms with Gasteiger partial charge in [-0.1, -0.05) is 18.2 Å². The average Bonchev–Trinajstić information content (AvgIpc) is 2.81. The smallest absolute Gasteiger partial charge is 0.366 e. The SMILES string of the molecule is O=C(NCCNC(=O)C1CCN(c2ccc(C(F)(F)F)cc2[N+](=O)[O-])CC1)c1ccccc1. The zero-order valence-electron chi connectivity index (χ0n) is 17.6. The molecule has 0 atom stereocenters. The number of piperidine rings is 1. The van der Waals surface area contributed by atoms with E-state index in [2.05, 4.69) is 10.6 Å². The maximum Gasteiger partial charge on any atom is 0.416 e. The first-order valence-corrected chi connectivity index (χ1v) is 10.4. The first kappa shape index (κ1) is 24.0. The van der Waals surface area contributed by atoms with Crippen molar-refractivity contribution in [1.82, 2.24) is 10.6 Å². The van der Waals surface area contributed by atoms with E-state index in [1.807, 2.05) is 0 Å². The van der Waals surface area contributed by atoms with E-state index >= 15 is 0 Å². The molecule has 1 saturated heterocycles. The molecule has 0 spiro atoms. The Hall–Kier alpha value is -3.63. The van der Waals surface area contributed by atoms with Gasteiger partial charge in [-0.2, -0.15) is 13.2 Å². The quantitative estimate of drug-likeness (QED) is 0.371. The van der Waals surface area contributed by atoms with E-state index in [0.29, 0.717) is 37.6 Å². The van der Waals surface area contributed by atoms with Crippen LogP contribution in [0.1, 0.15) is 28.8 Å². The van der Waals surface area contributed by atoms with E-state index < -0.39 is 22.4 Å². The largest absolute Gasteiger partial charge is 0.416 e. The number of anilines is 1. The molecule has 3 rings (SSSR count). The second-order valence-electron chi connectivity index (χ2n) is 7.63. The summed E-state index contributed by atoms with van der Waals surface area (Å²) in [5.41, 5.74) is -1.06. The summed E-state index contributed by atoms with van der Waals surface area (Å²) in [6, 6.07) is 11.1. The zero-order valence-corrected chi connectivity index (χ0v) is 17.6. The normalized spacial score (nSPS) is 14.6. The first-order valence-electron chi connectivity index (χ1n) is 10.4. The fraction of sp³-hybridized carbons (Fsp3) is 0.364. The maximum atomic E-state index is 12.9. The topological polar surface area (TPSA) is 105 Å². The highest BCUT2D eigenvalue weighted by molar-refractivity contribution is 5.94. The van der Waals surface area contributed by atoms with E-state index in [0.717, 1.165) is 12.1 Å². The number of amides is 2. The Morgan fingerprint density at radius 2 is 1.67 bits per heavy atom. The van der Waals surface area contributed by atoms with Gasteiger partial charge in [0.05, 0.1) is 10.5 Å². The molecule has 1 aliphatic heterocycles. The molecule has 0 bridgehead atoms. The van der Waals surface area contributed by atoms with Crippen LogP contribution in [0.4, 0.5) is 24.5 Å². The molecule has 2 N–H and O–H groups in total. The Morgan fingerprint density at radius 3 is 2.27 bits per heavy atom. The number of hydrogen-bond donors (Lipinski definition) is 2. The third-order valence-electron chi connectivity index (χ3n) is 5.45. The number of alkyl halides is 3. The number of nitro groups is 1. The number of benzene rings is 2. The monoisotopic (exact) mass is 464 g/mol. The fourth-order valence-corrected chi connectivity index (χ4v) is 3.69. The standard InChI is InChI=1S/C22H23F3N4O4/c23-22(24,25)17-6-7-18(19(14-17)29(32)33)28-12-8-16(9-13-28)21(31)27-11-10-26-20(30)15-4-2-1-3-5-15/h1-7,14,16H,8-13H2,(H,26,30)(H,27,31). The van der Waals surface area contributed by atoms with Gasteiger partial charge < -0.3 is 15.5 Å². The number of halogens is 3. The summed E-state index contributed by atoms with van der Waals surface area (Å²) in [5, 5.41) is 16.8. The van der Waals surface area contributed by atoms with Crippen LogP contribution in [0.25, 0.3) is 0 Å². The predicted octanol–water partition coefficient (Wildman–Crippen LogP) is 3.38. The van der Waals surface area contributed by atoms with Gasteiger partial charge in [-0.05, 0) is 37.1 Å². The summed E-state index contributed by atoms with van der Waals surface area (Å²) < 4.78 is 38.7. The van der Waals surface area contributed by atoms with Gasteiger partial charge in [-0.3, -0.25) is 19.7 Å². The fourth-order valence-electron chi connectivity index (χ4n) is 3.69. The summed E-state index contributed by atoms with van der Waals surface area (Å²) in [4.78, 5) is 36.5. The van der Waals surface area contributed by atoms with Crippen molar-refractivity contribution in [2.45, 2.75) is 19.0 Å². The van der Waals surface area contributed by atoms with Gasteiger partial charge in [0, 0.05) is 43.7 Å². The van der Waals surface area contributed by atoms with Crippen molar-refractivity contribution in [3.8, 4) is 0 Å². The number of carbonyl (C=O) groups is 2. The molecular formula is C22H23F3N4O4. The zero-order chi connectivity index (χ0) is 24.0. The minimum atomic E-state index is -4.67. The molecule has 0 aliphatic carbocycles. The van der Waals surface area contributed by atoms with Crippen LogP contribution >= 0.6 is 0 Å². The van der Waals surface area contributed by atoms with Crippen LogP contribution in [0.15, 0.2) is 48.5 Å². The molecule has 0 aromatic heterocycles. The van der Waals surface area contributed by atoms with Crippen molar-refractivity contribution in [2.24, 2.45) is 5.92 Å². The minimum absolute atomic E-state index is 0.107. The van der Waals surface area contributed by atoms with E-state index in [1.165, 1.54) is 0 Å². The van der Waals surface area contributed by atoms with Crippen molar-refractivity contribution in [1.29, 1.82) is 0 Å². The Kier molecular flexibility index (Phi) is 7.52. The van der Waals surface area contributed by atoms with Crippen LogP contribution in [0.2, 0.25) is 0 Å². The first-order chi connectivity index (χ1) is 15.7. The van der Waals surface area contributed by atoms with Gasteiger partial charge in [0.25, 0.3) is 11.6 Å². The summed E-state index contributed by atoms with van der Waals surface area (Å²) >= 11 is 0. The number of carbonyl (C=O) groups excluding carboxylic acids is 2. The Balaban J connectivity index is 1.49. The lowest BCUT2D eigenvalue weighted by atomic mass is 9.95. The third-order valence-corrected chi connectivity index (χ3v) is 5.45. The summed E-state index contributed by atoms with van der Waals surface area (Å²) in [7, 11) is 0. The Labute approximate surface area is 187 Å². The second kappa shape index (κ2) is 10.3. The van der Waals surface area contributed by atoms with Crippen molar-refractivity contribution in [2.75, 3.05) is 31.1 Å². The van der Waals surface area contributed by atoms with Crippen LogP contribution < -0.4 is 15.5 Å². The number of rotatable bonds is 7. The summed E-state index contributed by atoms with van der Waals surface area (Å²) in [5.74, 6) is -0.749. The highest BCUT2D eigenvalue weighted by Crippen LogP contribution is 2.37. The van der Waals surface area contributed by atoms with Gasteiger partial charge in [0.1, 0.15) is 5.69 Å². The molecule has 33 heavy (non-hydrogen) atoms. The molecule has 2 aromatic carbocycles. The third kappa shape index (κ3) is 6.21. The lowest BCUT2D eigenvalue weighted by Crippen LogP contribution is -2.42. The van der Waals surface area contributed by atoms with Crippen LogP contribution in [0.5, 0.6) is 0 Å². The molecule has 2 aromatic rings. The van der Waals surface area contributed by atoms with Crippen LogP contribution in [0.3, 0.4) is 0 Å². The van der Waals surface area contributed by atoms with Crippen LogP contribution in [-0.4, -0.2) is 42.9 Å². The molecule has 1 fully saturated rings. The van der Waals surface area contributed by atoms with Crippen molar-refractivity contribution >= 4 is 23.2 Å². The number of nitrogens with zero attached hydrogens (tertiary/aromatic N) is 2. The molecule has 0 radical (unpaired) electrons. The van der Waals surface area contributed by atoms with Gasteiger partial charge in [-0.15, -0.1) is 0 Å². The molecular weight excluding hydrogens is 441 g/mol. The van der Waals surface area contributed by atoms with E-state index in [4.69, 9.17) is 0 Å². The van der Waals surface area contributed by atoms with Gasteiger partial charge in [-0.25, -0.2) is 0 Å². The molecule has 176 valence electrons. The Bertz CT molecular complexity index is 1010. The van der Waals surface area contributed by atoms with E-state index in [1.54, 1.807) is 35.2 Å². The molecule has 0 saturated carbocycles. The number of hydrogen-bond acceptors (Lipinski definition) is 5. The van der Waals surface area contributed by atoms with E-state index in [-0.39, 0.29) is 36.5 Å². The average molecular weight is 464 g/mol. The molecule has 0 unspecified atom stereocenters. The van der Waals surface area contributed by atoms with Crippen LogP contribution in [-0.2, 0) is 11.0 Å². The van der Waals surface area contributed by atoms with Gasteiger partial charge in [0.15, 0.2) is 0 Å². The van der Waals surface area contributed by atoms with E-state index in [9.17, 15) is 32.9 Å². The highest BCUT2D eigenvalue weighted by Gasteiger charge is 2.34.